The van der Waals surface area contributed by atoms with Gasteiger partial charge in [0.1, 0.15) is 5.65 Å². The molecule has 1 saturated heterocycles. The Morgan fingerprint density at radius 2 is 2.38 bits per heavy atom. The summed E-state index contributed by atoms with van der Waals surface area (Å²) >= 11 is 0. The average Bonchev–Trinajstić information content (AvgIpc) is 2.82. The second-order valence-corrected chi connectivity index (χ2v) is 4.14. The number of rotatable bonds is 1. The van der Waals surface area contributed by atoms with E-state index < -0.39 is 0 Å². The van der Waals surface area contributed by atoms with Crippen molar-refractivity contribution in [3.63, 3.8) is 0 Å². The van der Waals surface area contributed by atoms with Crippen LogP contribution in [0.5, 0.6) is 0 Å². The minimum absolute atomic E-state index is 0.00694. The van der Waals surface area contributed by atoms with E-state index in [2.05, 4.69) is 10.3 Å². The van der Waals surface area contributed by atoms with E-state index in [0.717, 1.165) is 30.9 Å². The van der Waals surface area contributed by atoms with Gasteiger partial charge in [-0.15, -0.1) is 0 Å². The SMILES string of the molecule is O=c1cc(C2CCNC2)nc2ccccn12. The molecule has 82 valence electrons. The van der Waals surface area contributed by atoms with Crippen molar-refractivity contribution in [3.8, 4) is 0 Å². The third-order valence-electron chi connectivity index (χ3n) is 3.07. The van der Waals surface area contributed by atoms with Crippen LogP contribution < -0.4 is 10.9 Å². The molecule has 4 heteroatoms. The van der Waals surface area contributed by atoms with Crippen molar-refractivity contribution in [1.82, 2.24) is 14.7 Å². The molecule has 3 heterocycles. The van der Waals surface area contributed by atoms with Crippen molar-refractivity contribution in [2.75, 3.05) is 13.1 Å². The lowest BCUT2D eigenvalue weighted by atomic mass is 10.1. The van der Waals surface area contributed by atoms with Gasteiger partial charge in [0.05, 0.1) is 5.69 Å². The van der Waals surface area contributed by atoms with Crippen molar-refractivity contribution in [2.24, 2.45) is 0 Å². The summed E-state index contributed by atoms with van der Waals surface area (Å²) in [5.41, 5.74) is 1.66. The van der Waals surface area contributed by atoms with E-state index in [4.69, 9.17) is 0 Å². The maximum Gasteiger partial charge on any atom is 0.258 e. The number of nitrogens with one attached hydrogen (secondary N) is 1. The highest BCUT2D eigenvalue weighted by Crippen LogP contribution is 2.19. The van der Waals surface area contributed by atoms with Gasteiger partial charge in [-0.05, 0) is 25.1 Å². The molecule has 1 aliphatic rings. The average molecular weight is 215 g/mol. The quantitative estimate of drug-likeness (QED) is 0.764. The van der Waals surface area contributed by atoms with Crippen LogP contribution in [0.3, 0.4) is 0 Å². The van der Waals surface area contributed by atoms with Crippen molar-refractivity contribution in [2.45, 2.75) is 12.3 Å². The Labute approximate surface area is 92.9 Å². The van der Waals surface area contributed by atoms with Crippen molar-refractivity contribution >= 4 is 5.65 Å². The minimum atomic E-state index is 0.00694. The maximum absolute atomic E-state index is 11.9. The first-order valence-corrected chi connectivity index (χ1v) is 5.54. The first-order chi connectivity index (χ1) is 7.84. The van der Waals surface area contributed by atoms with E-state index in [1.807, 2.05) is 18.2 Å². The Morgan fingerprint density at radius 3 is 3.19 bits per heavy atom. The van der Waals surface area contributed by atoms with Crippen molar-refractivity contribution < 1.29 is 0 Å². The molecule has 2 aromatic heterocycles. The van der Waals surface area contributed by atoms with Crippen molar-refractivity contribution in [1.29, 1.82) is 0 Å². The largest absolute Gasteiger partial charge is 0.316 e. The van der Waals surface area contributed by atoms with Gasteiger partial charge in [-0.1, -0.05) is 6.07 Å². The second-order valence-electron chi connectivity index (χ2n) is 4.14. The minimum Gasteiger partial charge on any atom is -0.316 e. The first-order valence-electron chi connectivity index (χ1n) is 5.54. The molecule has 0 saturated carbocycles. The molecule has 1 aliphatic heterocycles. The summed E-state index contributed by atoms with van der Waals surface area (Å²) in [5.74, 6) is 0.387. The highest BCUT2D eigenvalue weighted by Gasteiger charge is 2.18. The third-order valence-corrected chi connectivity index (χ3v) is 3.07. The first kappa shape index (κ1) is 9.54. The molecule has 1 atom stereocenters. The van der Waals surface area contributed by atoms with Gasteiger partial charge in [0.25, 0.3) is 5.56 Å². The molecule has 3 rings (SSSR count). The normalized spacial score (nSPS) is 20.4. The van der Waals surface area contributed by atoms with Crippen LogP contribution in [0.4, 0.5) is 0 Å². The summed E-state index contributed by atoms with van der Waals surface area (Å²) < 4.78 is 1.58. The zero-order valence-corrected chi connectivity index (χ0v) is 8.89. The fraction of sp³-hybridized carbons (Fsp3) is 0.333. The van der Waals surface area contributed by atoms with Gasteiger partial charge in [-0.25, -0.2) is 4.98 Å². The molecule has 4 nitrogen and oxygen atoms in total. The van der Waals surface area contributed by atoms with Gasteiger partial charge in [0, 0.05) is 24.7 Å². The number of pyridine rings is 1. The van der Waals surface area contributed by atoms with Gasteiger partial charge in [-0.3, -0.25) is 9.20 Å². The summed E-state index contributed by atoms with van der Waals surface area (Å²) in [7, 11) is 0. The van der Waals surface area contributed by atoms with E-state index in [0.29, 0.717) is 5.92 Å². The van der Waals surface area contributed by atoms with Crippen LogP contribution in [-0.4, -0.2) is 22.5 Å². The molecular weight excluding hydrogens is 202 g/mol. The summed E-state index contributed by atoms with van der Waals surface area (Å²) in [6.45, 7) is 1.94. The molecule has 16 heavy (non-hydrogen) atoms. The predicted molar refractivity (Wildman–Crippen MR) is 61.7 cm³/mol. The van der Waals surface area contributed by atoms with E-state index >= 15 is 0 Å². The Hall–Kier alpha value is -1.68. The Kier molecular flexibility index (Phi) is 2.22. The van der Waals surface area contributed by atoms with Gasteiger partial charge >= 0.3 is 0 Å². The molecule has 1 N–H and O–H groups in total. The number of fused-ring (bicyclic) bond motifs is 1. The van der Waals surface area contributed by atoms with Gasteiger partial charge < -0.3 is 5.32 Å². The van der Waals surface area contributed by atoms with Crippen LogP contribution in [0.1, 0.15) is 18.0 Å². The maximum atomic E-state index is 11.9. The molecule has 0 spiro atoms. The zero-order chi connectivity index (χ0) is 11.0. The van der Waals surface area contributed by atoms with Gasteiger partial charge in [0.2, 0.25) is 0 Å². The van der Waals surface area contributed by atoms with Gasteiger partial charge in [-0.2, -0.15) is 0 Å². The van der Waals surface area contributed by atoms with Crippen LogP contribution in [0, 0.1) is 0 Å². The summed E-state index contributed by atoms with van der Waals surface area (Å²) in [4.78, 5) is 16.4. The van der Waals surface area contributed by atoms with Crippen LogP contribution in [0.25, 0.3) is 5.65 Å². The number of hydrogen-bond donors (Lipinski definition) is 1. The monoisotopic (exact) mass is 215 g/mol. The van der Waals surface area contributed by atoms with E-state index in [1.165, 1.54) is 0 Å². The molecule has 1 fully saturated rings. The third kappa shape index (κ3) is 1.51. The zero-order valence-electron chi connectivity index (χ0n) is 8.89. The van der Waals surface area contributed by atoms with Crippen LogP contribution >= 0.6 is 0 Å². The van der Waals surface area contributed by atoms with Gasteiger partial charge in [0.15, 0.2) is 0 Å². The number of aromatic nitrogens is 2. The summed E-state index contributed by atoms with van der Waals surface area (Å²) in [5, 5.41) is 3.29. The standard InChI is InChI=1S/C12H13N3O/c16-12-7-10(9-4-5-13-8-9)14-11-3-1-2-6-15(11)12/h1-3,6-7,9,13H,4-5,8H2. The lowest BCUT2D eigenvalue weighted by Gasteiger charge is -2.08. The number of hydrogen-bond acceptors (Lipinski definition) is 3. The molecular formula is C12H13N3O. The topological polar surface area (TPSA) is 46.4 Å². The van der Waals surface area contributed by atoms with E-state index in [-0.39, 0.29) is 5.56 Å². The lowest BCUT2D eigenvalue weighted by molar-refractivity contribution is 0.730. The summed E-state index contributed by atoms with van der Waals surface area (Å²) in [6, 6.07) is 7.27. The molecule has 0 radical (unpaired) electrons. The molecule has 0 aromatic carbocycles. The fourth-order valence-corrected chi connectivity index (χ4v) is 2.19. The Balaban J connectivity index is 2.17. The van der Waals surface area contributed by atoms with E-state index in [1.54, 1.807) is 16.7 Å². The predicted octanol–water partition coefficient (Wildman–Crippen LogP) is 0.771. The highest BCUT2D eigenvalue weighted by atomic mass is 16.1. The van der Waals surface area contributed by atoms with Crippen LogP contribution in [0.2, 0.25) is 0 Å². The van der Waals surface area contributed by atoms with Crippen LogP contribution in [-0.2, 0) is 0 Å². The van der Waals surface area contributed by atoms with E-state index in [9.17, 15) is 4.79 Å². The highest BCUT2D eigenvalue weighted by molar-refractivity contribution is 5.38. The fourth-order valence-electron chi connectivity index (χ4n) is 2.19. The molecule has 0 aliphatic carbocycles. The lowest BCUT2D eigenvalue weighted by Crippen LogP contribution is -2.17. The second kappa shape index (κ2) is 3.72. The Bertz CT molecular complexity index is 570. The molecule has 0 bridgehead atoms. The van der Waals surface area contributed by atoms with Crippen molar-refractivity contribution in [3.05, 3.63) is 46.5 Å². The summed E-state index contributed by atoms with van der Waals surface area (Å²) in [6.07, 6.45) is 2.82. The Morgan fingerprint density at radius 1 is 1.44 bits per heavy atom. The molecule has 2 aromatic rings. The number of nitrogens with zero attached hydrogens (tertiary/aromatic N) is 2. The smallest absolute Gasteiger partial charge is 0.258 e. The van der Waals surface area contributed by atoms with Crippen LogP contribution in [0.15, 0.2) is 35.3 Å². The molecule has 0 amide bonds. The molecule has 1 unspecified atom stereocenters.